The van der Waals surface area contributed by atoms with E-state index in [1.165, 1.54) is 11.3 Å². The summed E-state index contributed by atoms with van der Waals surface area (Å²) in [6.07, 6.45) is 1.06. The van der Waals surface area contributed by atoms with Crippen LogP contribution in [-0.2, 0) is 4.79 Å². The van der Waals surface area contributed by atoms with Crippen LogP contribution in [0.15, 0.2) is 17.5 Å². The summed E-state index contributed by atoms with van der Waals surface area (Å²) in [5.41, 5.74) is 5.30. The zero-order valence-electron chi connectivity index (χ0n) is 9.98. The lowest BCUT2D eigenvalue weighted by atomic mass is 10.3. The van der Waals surface area contributed by atoms with Crippen molar-refractivity contribution in [3.05, 3.63) is 22.4 Å². The number of carbonyl (C=O) groups excluding carboxylic acids is 2. The van der Waals surface area contributed by atoms with Gasteiger partial charge in [0.1, 0.15) is 0 Å². The van der Waals surface area contributed by atoms with Crippen molar-refractivity contribution in [2.45, 2.75) is 12.8 Å². The summed E-state index contributed by atoms with van der Waals surface area (Å²) in [5.74, 6) is -0.195. The third-order valence-corrected chi connectivity index (χ3v) is 2.95. The number of carbonyl (C=O) groups is 2. The van der Waals surface area contributed by atoms with E-state index in [2.05, 4.69) is 10.6 Å². The molecule has 0 radical (unpaired) electrons. The first-order valence-corrected chi connectivity index (χ1v) is 6.40. The van der Waals surface area contributed by atoms with Gasteiger partial charge in [-0.15, -0.1) is 23.7 Å². The second kappa shape index (κ2) is 9.87. The number of hydrogen-bond acceptors (Lipinski definition) is 4. The van der Waals surface area contributed by atoms with Crippen molar-refractivity contribution in [2.24, 2.45) is 5.73 Å². The van der Waals surface area contributed by atoms with Gasteiger partial charge in [0, 0.05) is 19.5 Å². The summed E-state index contributed by atoms with van der Waals surface area (Å²) in [6.45, 7) is 1.51. The molecule has 102 valence electrons. The van der Waals surface area contributed by atoms with Crippen LogP contribution in [0.1, 0.15) is 22.5 Å². The highest BCUT2D eigenvalue weighted by Gasteiger charge is 2.06. The van der Waals surface area contributed by atoms with Crippen molar-refractivity contribution in [1.29, 1.82) is 0 Å². The van der Waals surface area contributed by atoms with Gasteiger partial charge in [-0.2, -0.15) is 0 Å². The molecule has 0 aliphatic carbocycles. The van der Waals surface area contributed by atoms with E-state index >= 15 is 0 Å². The minimum Gasteiger partial charge on any atom is -0.356 e. The lowest BCUT2D eigenvalue weighted by molar-refractivity contribution is -0.120. The fourth-order valence-corrected chi connectivity index (χ4v) is 1.84. The Bertz CT molecular complexity index is 357. The van der Waals surface area contributed by atoms with Crippen LogP contribution in [-0.4, -0.2) is 31.4 Å². The molecule has 1 rings (SSSR count). The van der Waals surface area contributed by atoms with Gasteiger partial charge < -0.3 is 16.4 Å². The smallest absolute Gasteiger partial charge is 0.261 e. The molecule has 0 bridgehead atoms. The SMILES string of the molecule is Cl.NCCCNC(=O)CCNC(=O)c1cccs1. The summed E-state index contributed by atoms with van der Waals surface area (Å²) in [6, 6.07) is 3.57. The molecule has 0 spiro atoms. The first-order valence-electron chi connectivity index (χ1n) is 5.52. The second-order valence-corrected chi connectivity index (χ2v) is 4.42. The quantitative estimate of drug-likeness (QED) is 0.648. The average molecular weight is 292 g/mol. The maximum Gasteiger partial charge on any atom is 0.261 e. The van der Waals surface area contributed by atoms with E-state index in [0.717, 1.165) is 6.42 Å². The number of rotatable bonds is 7. The van der Waals surface area contributed by atoms with E-state index in [1.807, 2.05) is 11.4 Å². The Morgan fingerprint density at radius 3 is 2.67 bits per heavy atom. The molecule has 1 heterocycles. The molecule has 0 aliphatic rings. The Hall–Kier alpha value is -1.11. The molecular formula is C11H18ClN3O2S. The van der Waals surface area contributed by atoms with Crippen LogP contribution < -0.4 is 16.4 Å². The van der Waals surface area contributed by atoms with Crippen molar-refractivity contribution in [3.8, 4) is 0 Å². The fourth-order valence-electron chi connectivity index (χ4n) is 1.20. The summed E-state index contributed by atoms with van der Waals surface area (Å²) in [7, 11) is 0. The molecule has 0 aliphatic heterocycles. The molecule has 0 fully saturated rings. The lowest BCUT2D eigenvalue weighted by Crippen LogP contribution is -2.31. The van der Waals surface area contributed by atoms with Crippen molar-refractivity contribution >= 4 is 35.6 Å². The molecule has 0 atom stereocenters. The molecule has 7 heteroatoms. The number of amides is 2. The van der Waals surface area contributed by atoms with Crippen LogP contribution in [0.25, 0.3) is 0 Å². The Morgan fingerprint density at radius 2 is 2.06 bits per heavy atom. The van der Waals surface area contributed by atoms with Crippen LogP contribution in [0.5, 0.6) is 0 Å². The van der Waals surface area contributed by atoms with Crippen LogP contribution in [0.3, 0.4) is 0 Å². The van der Waals surface area contributed by atoms with Crippen molar-refractivity contribution in [3.63, 3.8) is 0 Å². The van der Waals surface area contributed by atoms with E-state index in [1.54, 1.807) is 6.07 Å². The van der Waals surface area contributed by atoms with Crippen LogP contribution in [0, 0.1) is 0 Å². The van der Waals surface area contributed by atoms with E-state index in [-0.39, 0.29) is 24.2 Å². The van der Waals surface area contributed by atoms with E-state index < -0.39 is 0 Å². The first kappa shape index (κ1) is 16.9. The van der Waals surface area contributed by atoms with Crippen LogP contribution in [0.2, 0.25) is 0 Å². The molecule has 1 aromatic heterocycles. The van der Waals surface area contributed by atoms with Crippen LogP contribution >= 0.6 is 23.7 Å². The van der Waals surface area contributed by atoms with Gasteiger partial charge in [0.05, 0.1) is 4.88 Å². The topological polar surface area (TPSA) is 84.2 Å². The zero-order chi connectivity index (χ0) is 12.5. The molecule has 0 saturated carbocycles. The van der Waals surface area contributed by atoms with Crippen LogP contribution in [0.4, 0.5) is 0 Å². The summed E-state index contributed by atoms with van der Waals surface area (Å²) in [5, 5.41) is 7.26. The highest BCUT2D eigenvalue weighted by molar-refractivity contribution is 7.12. The Balaban J connectivity index is 0.00000289. The monoisotopic (exact) mass is 291 g/mol. The average Bonchev–Trinajstić information content (AvgIpc) is 2.82. The third kappa shape index (κ3) is 6.58. The van der Waals surface area contributed by atoms with Gasteiger partial charge in [0.25, 0.3) is 5.91 Å². The van der Waals surface area contributed by atoms with Gasteiger partial charge in [-0.05, 0) is 24.4 Å². The summed E-state index contributed by atoms with van der Waals surface area (Å²) in [4.78, 5) is 23.4. The Labute approximate surface area is 117 Å². The van der Waals surface area contributed by atoms with Gasteiger partial charge in [-0.25, -0.2) is 0 Å². The highest BCUT2D eigenvalue weighted by Crippen LogP contribution is 2.07. The normalized spacial score (nSPS) is 9.39. The molecule has 0 saturated heterocycles. The standard InChI is InChI=1S/C11H17N3O2S.ClH/c12-5-2-6-13-10(15)4-7-14-11(16)9-3-1-8-17-9;/h1,3,8H,2,4-7,12H2,(H,13,15)(H,14,16);1H. The maximum absolute atomic E-state index is 11.5. The van der Waals surface area contributed by atoms with Gasteiger partial charge >= 0.3 is 0 Å². The molecule has 1 aromatic rings. The van der Waals surface area contributed by atoms with Gasteiger partial charge in [0.15, 0.2) is 0 Å². The first-order chi connectivity index (χ1) is 8.24. The molecule has 5 nitrogen and oxygen atoms in total. The van der Waals surface area contributed by atoms with Crippen molar-refractivity contribution < 1.29 is 9.59 Å². The van der Waals surface area contributed by atoms with E-state index in [9.17, 15) is 9.59 Å². The highest BCUT2D eigenvalue weighted by atomic mass is 35.5. The van der Waals surface area contributed by atoms with Crippen molar-refractivity contribution in [1.82, 2.24) is 10.6 Å². The predicted molar refractivity (Wildman–Crippen MR) is 75.2 cm³/mol. The lowest BCUT2D eigenvalue weighted by Gasteiger charge is -2.05. The summed E-state index contributed by atoms with van der Waals surface area (Å²) >= 11 is 1.38. The number of hydrogen-bond donors (Lipinski definition) is 3. The predicted octanol–water partition coefficient (Wildman–Crippen LogP) is 0.755. The molecule has 0 aromatic carbocycles. The largest absolute Gasteiger partial charge is 0.356 e. The van der Waals surface area contributed by atoms with E-state index in [4.69, 9.17) is 5.73 Å². The Morgan fingerprint density at radius 1 is 1.28 bits per heavy atom. The molecule has 4 N–H and O–H groups in total. The molecular weight excluding hydrogens is 274 g/mol. The fraction of sp³-hybridized carbons (Fsp3) is 0.455. The van der Waals surface area contributed by atoms with Gasteiger partial charge in [-0.3, -0.25) is 9.59 Å². The minimum atomic E-state index is -0.130. The third-order valence-electron chi connectivity index (χ3n) is 2.09. The number of halogens is 1. The van der Waals surface area contributed by atoms with Gasteiger partial charge in [-0.1, -0.05) is 6.07 Å². The Kier molecular flexibility index (Phi) is 9.26. The minimum absolute atomic E-state index is 0. The molecule has 18 heavy (non-hydrogen) atoms. The number of nitrogens with one attached hydrogen (secondary N) is 2. The van der Waals surface area contributed by atoms with E-state index in [0.29, 0.717) is 30.9 Å². The van der Waals surface area contributed by atoms with Gasteiger partial charge in [0.2, 0.25) is 5.91 Å². The number of thiophene rings is 1. The summed E-state index contributed by atoms with van der Waals surface area (Å²) < 4.78 is 0. The molecule has 2 amide bonds. The number of nitrogens with two attached hydrogens (primary N) is 1. The maximum atomic E-state index is 11.5. The second-order valence-electron chi connectivity index (χ2n) is 3.48. The zero-order valence-corrected chi connectivity index (χ0v) is 11.6. The van der Waals surface area contributed by atoms with Crippen molar-refractivity contribution in [2.75, 3.05) is 19.6 Å². The molecule has 0 unspecified atom stereocenters.